The van der Waals surface area contributed by atoms with E-state index in [1.54, 1.807) is 0 Å². The fourth-order valence-corrected chi connectivity index (χ4v) is 1.82. The molecule has 0 atom stereocenters. The van der Waals surface area contributed by atoms with Crippen molar-refractivity contribution in [3.8, 4) is 0 Å². The van der Waals surface area contributed by atoms with Crippen molar-refractivity contribution in [3.63, 3.8) is 0 Å². The number of unbranched alkanes of at least 4 members (excludes halogenated alkanes) is 5. The molecule has 1 radical (unpaired) electrons. The molecule has 0 bridgehead atoms. The Morgan fingerprint density at radius 3 is 2.00 bits per heavy atom. The van der Waals surface area contributed by atoms with Gasteiger partial charge in [0, 0.05) is 12.8 Å². The normalized spacial score (nSPS) is 11.2. The van der Waals surface area contributed by atoms with Gasteiger partial charge in [-0.25, -0.2) is 0 Å². The van der Waals surface area contributed by atoms with Gasteiger partial charge in [-0.3, -0.25) is 9.59 Å². The van der Waals surface area contributed by atoms with Crippen LogP contribution in [0.2, 0.25) is 0 Å². The minimum absolute atomic E-state index is 0.137. The van der Waals surface area contributed by atoms with Gasteiger partial charge in [-0.1, -0.05) is 32.6 Å². The summed E-state index contributed by atoms with van der Waals surface area (Å²) >= 11 is 0. The van der Waals surface area contributed by atoms with Gasteiger partial charge in [0.2, 0.25) is 0 Å². The standard InChI is InChI=1S/C17H31O4/c1-5-6-7-11-14-20-15(18)12-9-8-10-13-16(19)21-17(2,3)4/h1,5-14H2,2-4H3. The number of hydrogen-bond acceptors (Lipinski definition) is 4. The maximum atomic E-state index is 11.5. The molecule has 123 valence electrons. The molecule has 0 aliphatic heterocycles. The molecule has 4 heteroatoms. The Labute approximate surface area is 129 Å². The van der Waals surface area contributed by atoms with Gasteiger partial charge in [-0.15, -0.1) is 0 Å². The first-order valence-electron chi connectivity index (χ1n) is 8.02. The molecule has 0 aromatic carbocycles. The molecule has 0 heterocycles. The third-order valence-electron chi connectivity index (χ3n) is 2.84. The van der Waals surface area contributed by atoms with Crippen molar-refractivity contribution < 1.29 is 19.1 Å². The molecule has 0 rings (SSSR count). The summed E-state index contributed by atoms with van der Waals surface area (Å²) < 4.78 is 10.3. The molecule has 0 saturated heterocycles. The smallest absolute Gasteiger partial charge is 0.306 e. The van der Waals surface area contributed by atoms with E-state index in [2.05, 4.69) is 6.92 Å². The fraction of sp³-hybridized carbons (Fsp3) is 0.824. The van der Waals surface area contributed by atoms with Gasteiger partial charge >= 0.3 is 11.9 Å². The molecule has 21 heavy (non-hydrogen) atoms. The van der Waals surface area contributed by atoms with Gasteiger partial charge in [0.05, 0.1) is 6.61 Å². The van der Waals surface area contributed by atoms with Crippen molar-refractivity contribution in [1.82, 2.24) is 0 Å². The number of carbonyl (C=O) groups is 2. The Morgan fingerprint density at radius 1 is 0.857 bits per heavy atom. The van der Waals surface area contributed by atoms with Crippen molar-refractivity contribution in [2.24, 2.45) is 0 Å². The minimum Gasteiger partial charge on any atom is -0.466 e. The van der Waals surface area contributed by atoms with E-state index >= 15 is 0 Å². The molecule has 0 saturated carbocycles. The molecule has 0 unspecified atom stereocenters. The second-order valence-electron chi connectivity index (χ2n) is 6.28. The third kappa shape index (κ3) is 15.2. The summed E-state index contributed by atoms with van der Waals surface area (Å²) in [5.74, 6) is -0.308. The zero-order chi connectivity index (χ0) is 16.1. The summed E-state index contributed by atoms with van der Waals surface area (Å²) in [6.45, 7) is 9.86. The van der Waals surface area contributed by atoms with Crippen molar-refractivity contribution in [2.75, 3.05) is 6.61 Å². The van der Waals surface area contributed by atoms with E-state index in [1.165, 1.54) is 0 Å². The summed E-state index contributed by atoms with van der Waals surface area (Å²) in [5.41, 5.74) is -0.422. The Kier molecular flexibility index (Phi) is 11.0. The average molecular weight is 299 g/mol. The van der Waals surface area contributed by atoms with Crippen LogP contribution < -0.4 is 0 Å². The van der Waals surface area contributed by atoms with E-state index in [-0.39, 0.29) is 11.9 Å². The van der Waals surface area contributed by atoms with Crippen LogP contribution in [0.1, 0.15) is 78.6 Å². The van der Waals surface area contributed by atoms with Crippen LogP contribution >= 0.6 is 0 Å². The first-order valence-corrected chi connectivity index (χ1v) is 8.02. The van der Waals surface area contributed by atoms with E-state index in [1.807, 2.05) is 20.8 Å². The second-order valence-corrected chi connectivity index (χ2v) is 6.28. The van der Waals surface area contributed by atoms with Crippen LogP contribution in [0.25, 0.3) is 0 Å². The SMILES string of the molecule is [CH2]CCCCCOC(=O)CCCCCC(=O)OC(C)(C)C. The molecule has 0 aliphatic rings. The lowest BCUT2D eigenvalue weighted by atomic mass is 10.1. The molecule has 0 aliphatic carbocycles. The van der Waals surface area contributed by atoms with Crippen LogP contribution in [0.5, 0.6) is 0 Å². The van der Waals surface area contributed by atoms with Crippen molar-refractivity contribution >= 4 is 11.9 Å². The van der Waals surface area contributed by atoms with E-state index in [9.17, 15) is 9.59 Å². The molecule has 0 amide bonds. The van der Waals surface area contributed by atoms with Crippen LogP contribution in [0.4, 0.5) is 0 Å². The van der Waals surface area contributed by atoms with Crippen LogP contribution in [0.3, 0.4) is 0 Å². The predicted molar refractivity (Wildman–Crippen MR) is 83.7 cm³/mol. The summed E-state index contributed by atoms with van der Waals surface area (Å²) in [4.78, 5) is 22.9. The lowest BCUT2D eigenvalue weighted by Gasteiger charge is -2.19. The largest absolute Gasteiger partial charge is 0.466 e. The highest BCUT2D eigenvalue weighted by atomic mass is 16.6. The van der Waals surface area contributed by atoms with E-state index < -0.39 is 5.60 Å². The second kappa shape index (κ2) is 11.6. The van der Waals surface area contributed by atoms with Crippen LogP contribution in [-0.2, 0) is 19.1 Å². The summed E-state index contributed by atoms with van der Waals surface area (Å²) in [5, 5.41) is 0. The molecule has 0 spiro atoms. The van der Waals surface area contributed by atoms with E-state index in [4.69, 9.17) is 9.47 Å². The van der Waals surface area contributed by atoms with E-state index in [0.29, 0.717) is 19.4 Å². The third-order valence-corrected chi connectivity index (χ3v) is 2.84. The Bertz CT molecular complexity index is 292. The first-order chi connectivity index (χ1) is 9.85. The highest BCUT2D eigenvalue weighted by molar-refractivity contribution is 5.70. The predicted octanol–water partition coefficient (Wildman–Crippen LogP) is 4.22. The molecule has 0 fully saturated rings. The van der Waals surface area contributed by atoms with Crippen molar-refractivity contribution in [3.05, 3.63) is 6.92 Å². The number of carbonyl (C=O) groups excluding carboxylic acids is 2. The molecule has 0 aromatic heterocycles. The average Bonchev–Trinajstić information content (AvgIpc) is 2.36. The van der Waals surface area contributed by atoms with Gasteiger partial charge in [-0.2, -0.15) is 0 Å². The van der Waals surface area contributed by atoms with Crippen LogP contribution in [0.15, 0.2) is 0 Å². The van der Waals surface area contributed by atoms with Crippen molar-refractivity contribution in [1.29, 1.82) is 0 Å². The highest BCUT2D eigenvalue weighted by Crippen LogP contribution is 2.11. The van der Waals surface area contributed by atoms with Gasteiger partial charge in [0.15, 0.2) is 0 Å². The molecule has 0 aromatic rings. The van der Waals surface area contributed by atoms with Crippen molar-refractivity contribution in [2.45, 2.75) is 84.2 Å². The van der Waals surface area contributed by atoms with E-state index in [0.717, 1.165) is 44.9 Å². The topological polar surface area (TPSA) is 52.6 Å². The molecular formula is C17H31O4. The highest BCUT2D eigenvalue weighted by Gasteiger charge is 2.15. The van der Waals surface area contributed by atoms with Gasteiger partial charge in [0.1, 0.15) is 5.60 Å². The Morgan fingerprint density at radius 2 is 1.43 bits per heavy atom. The lowest BCUT2D eigenvalue weighted by Crippen LogP contribution is -2.23. The number of hydrogen-bond donors (Lipinski definition) is 0. The number of esters is 2. The summed E-state index contributed by atoms with van der Waals surface area (Å²) in [6.07, 6.45) is 7.21. The Balaban J connectivity index is 3.42. The first kappa shape index (κ1) is 19.9. The van der Waals surface area contributed by atoms with Crippen LogP contribution in [0, 0.1) is 6.92 Å². The Hall–Kier alpha value is -1.06. The van der Waals surface area contributed by atoms with Gasteiger partial charge < -0.3 is 9.47 Å². The number of ether oxygens (including phenoxy) is 2. The summed E-state index contributed by atoms with van der Waals surface area (Å²) in [7, 11) is 0. The fourth-order valence-electron chi connectivity index (χ4n) is 1.82. The molecular weight excluding hydrogens is 268 g/mol. The summed E-state index contributed by atoms with van der Waals surface area (Å²) in [6, 6.07) is 0. The monoisotopic (exact) mass is 299 g/mol. The molecule has 4 nitrogen and oxygen atoms in total. The zero-order valence-corrected chi connectivity index (χ0v) is 13.9. The molecule has 0 N–H and O–H groups in total. The van der Waals surface area contributed by atoms with Crippen LogP contribution in [-0.4, -0.2) is 24.1 Å². The maximum Gasteiger partial charge on any atom is 0.306 e. The quantitative estimate of drug-likeness (QED) is 0.423. The number of rotatable bonds is 11. The lowest BCUT2D eigenvalue weighted by molar-refractivity contribution is -0.154. The minimum atomic E-state index is -0.422. The zero-order valence-electron chi connectivity index (χ0n) is 13.9. The van der Waals surface area contributed by atoms with Gasteiger partial charge in [-0.05, 0) is 40.0 Å². The maximum absolute atomic E-state index is 11.5. The van der Waals surface area contributed by atoms with Gasteiger partial charge in [0.25, 0.3) is 0 Å².